The van der Waals surface area contributed by atoms with E-state index in [2.05, 4.69) is 4.98 Å². The average Bonchev–Trinajstić information content (AvgIpc) is 2.14. The van der Waals surface area contributed by atoms with E-state index in [9.17, 15) is 0 Å². The molecule has 2 N–H and O–H groups in total. The Balaban J connectivity index is 3.06. The summed E-state index contributed by atoms with van der Waals surface area (Å²) in [5.74, 6) is 0. The highest BCUT2D eigenvalue weighted by Gasteiger charge is 1.97. The first-order valence-electron chi connectivity index (χ1n) is 4.26. The third kappa shape index (κ3) is 2.44. The fourth-order valence-corrected chi connectivity index (χ4v) is 1.14. The van der Waals surface area contributed by atoms with E-state index in [0.717, 1.165) is 17.0 Å². The van der Waals surface area contributed by atoms with Crippen molar-refractivity contribution in [1.29, 1.82) is 0 Å². The molecule has 0 atom stereocenters. The van der Waals surface area contributed by atoms with Crippen LogP contribution in [0.25, 0.3) is 5.57 Å². The van der Waals surface area contributed by atoms with Gasteiger partial charge < -0.3 is 5.73 Å². The van der Waals surface area contributed by atoms with Crippen molar-refractivity contribution in [2.45, 2.75) is 13.8 Å². The highest BCUT2D eigenvalue weighted by atomic mass is 14.7. The van der Waals surface area contributed by atoms with E-state index in [1.807, 2.05) is 44.2 Å². The number of hydrogen-bond acceptors (Lipinski definition) is 2. The van der Waals surface area contributed by atoms with Gasteiger partial charge in [0.25, 0.3) is 0 Å². The third-order valence-electron chi connectivity index (χ3n) is 1.77. The van der Waals surface area contributed by atoms with Crippen molar-refractivity contribution in [2.24, 2.45) is 5.73 Å². The van der Waals surface area contributed by atoms with E-state index in [1.165, 1.54) is 6.20 Å². The molecule has 0 fully saturated rings. The Morgan fingerprint density at radius 3 is 2.77 bits per heavy atom. The van der Waals surface area contributed by atoms with E-state index in [1.54, 1.807) is 0 Å². The van der Waals surface area contributed by atoms with E-state index in [4.69, 9.17) is 5.73 Å². The lowest BCUT2D eigenvalue weighted by Gasteiger charge is -2.01. The summed E-state index contributed by atoms with van der Waals surface area (Å²) in [5.41, 5.74) is 8.36. The van der Waals surface area contributed by atoms with E-state index >= 15 is 0 Å². The van der Waals surface area contributed by atoms with Crippen molar-refractivity contribution >= 4 is 5.57 Å². The summed E-state index contributed by atoms with van der Waals surface area (Å²) in [5, 5.41) is 0. The Morgan fingerprint density at radius 2 is 2.23 bits per heavy atom. The summed E-state index contributed by atoms with van der Waals surface area (Å²) in [6.07, 6.45) is 5.37. The van der Waals surface area contributed by atoms with Gasteiger partial charge in [-0.15, -0.1) is 0 Å². The van der Waals surface area contributed by atoms with Crippen LogP contribution in [0.4, 0.5) is 0 Å². The number of aromatic nitrogens is 1. The van der Waals surface area contributed by atoms with Crippen molar-refractivity contribution in [3.05, 3.63) is 47.9 Å². The van der Waals surface area contributed by atoms with Gasteiger partial charge in [0, 0.05) is 5.69 Å². The van der Waals surface area contributed by atoms with Crippen LogP contribution in [0.5, 0.6) is 0 Å². The predicted molar refractivity (Wildman–Crippen MR) is 56.0 cm³/mol. The summed E-state index contributed by atoms with van der Waals surface area (Å²) >= 11 is 0. The molecule has 1 rings (SSSR count). The number of pyridine rings is 1. The summed E-state index contributed by atoms with van der Waals surface area (Å²) in [7, 11) is 0. The second-order valence-electron chi connectivity index (χ2n) is 2.77. The quantitative estimate of drug-likeness (QED) is 0.698. The normalized spacial score (nSPS) is 12.3. The van der Waals surface area contributed by atoms with Gasteiger partial charge in [0.05, 0.1) is 5.69 Å². The first-order valence-corrected chi connectivity index (χ1v) is 4.26. The number of aryl methyl sites for hydroxylation is 1. The van der Waals surface area contributed by atoms with Crippen LogP contribution >= 0.6 is 0 Å². The molecule has 0 saturated heterocycles. The van der Waals surface area contributed by atoms with E-state index in [0.29, 0.717) is 0 Å². The second kappa shape index (κ2) is 4.45. The van der Waals surface area contributed by atoms with Crippen molar-refractivity contribution in [3.8, 4) is 0 Å². The smallest absolute Gasteiger partial charge is 0.0702 e. The van der Waals surface area contributed by atoms with Crippen LogP contribution in [-0.2, 0) is 0 Å². The predicted octanol–water partition coefficient (Wildman–Crippen LogP) is 2.27. The monoisotopic (exact) mass is 174 g/mol. The molecule has 1 aromatic rings. The molecule has 2 heteroatoms. The average molecular weight is 174 g/mol. The zero-order valence-corrected chi connectivity index (χ0v) is 7.99. The van der Waals surface area contributed by atoms with Gasteiger partial charge in [-0.1, -0.05) is 12.1 Å². The minimum atomic E-state index is 0.962. The third-order valence-corrected chi connectivity index (χ3v) is 1.77. The molecule has 0 aromatic carbocycles. The van der Waals surface area contributed by atoms with Gasteiger partial charge in [0.1, 0.15) is 0 Å². The first kappa shape index (κ1) is 9.52. The van der Waals surface area contributed by atoms with Gasteiger partial charge in [-0.25, -0.2) is 0 Å². The lowest BCUT2D eigenvalue weighted by molar-refractivity contribution is 1.17. The standard InChI is InChI=1S/C11H14N2/c1-3-10(7-8-12)11-6-4-5-9(2)13-11/h3-8H,12H2,1-2H3/b8-7-,10-3+. The van der Waals surface area contributed by atoms with Crippen LogP contribution < -0.4 is 5.73 Å². The van der Waals surface area contributed by atoms with Crippen molar-refractivity contribution in [1.82, 2.24) is 4.98 Å². The largest absolute Gasteiger partial charge is 0.405 e. The fourth-order valence-electron chi connectivity index (χ4n) is 1.14. The molecular formula is C11H14N2. The molecule has 1 heterocycles. The summed E-state index contributed by atoms with van der Waals surface area (Å²) in [6.45, 7) is 3.95. The Hall–Kier alpha value is -1.57. The Bertz CT molecular complexity index is 338. The topological polar surface area (TPSA) is 38.9 Å². The second-order valence-corrected chi connectivity index (χ2v) is 2.77. The Labute approximate surface area is 78.8 Å². The minimum absolute atomic E-state index is 0.962. The number of allylic oxidation sites excluding steroid dienone is 3. The van der Waals surface area contributed by atoms with Crippen molar-refractivity contribution in [2.75, 3.05) is 0 Å². The molecule has 0 amide bonds. The minimum Gasteiger partial charge on any atom is -0.405 e. The van der Waals surface area contributed by atoms with Gasteiger partial charge in [-0.3, -0.25) is 4.98 Å². The Morgan fingerprint density at radius 1 is 1.46 bits per heavy atom. The Kier molecular flexibility index (Phi) is 3.26. The molecule has 0 unspecified atom stereocenters. The molecule has 2 nitrogen and oxygen atoms in total. The molecule has 13 heavy (non-hydrogen) atoms. The molecule has 68 valence electrons. The highest BCUT2D eigenvalue weighted by molar-refractivity contribution is 5.71. The van der Waals surface area contributed by atoms with E-state index in [-0.39, 0.29) is 0 Å². The highest BCUT2D eigenvalue weighted by Crippen LogP contribution is 2.12. The van der Waals surface area contributed by atoms with Crippen molar-refractivity contribution in [3.63, 3.8) is 0 Å². The van der Waals surface area contributed by atoms with Crippen LogP contribution in [0.2, 0.25) is 0 Å². The fraction of sp³-hybridized carbons (Fsp3) is 0.182. The van der Waals surface area contributed by atoms with Crippen LogP contribution in [0.1, 0.15) is 18.3 Å². The molecule has 1 aromatic heterocycles. The first-order chi connectivity index (χ1) is 6.27. The van der Waals surface area contributed by atoms with Gasteiger partial charge in [0.15, 0.2) is 0 Å². The molecule has 0 aliphatic heterocycles. The van der Waals surface area contributed by atoms with Gasteiger partial charge in [0.2, 0.25) is 0 Å². The zero-order valence-electron chi connectivity index (χ0n) is 7.99. The SMILES string of the molecule is C/C=C(\C=C/N)c1cccc(C)n1. The molecule has 0 spiro atoms. The van der Waals surface area contributed by atoms with Gasteiger partial charge in [-0.05, 0) is 43.8 Å². The van der Waals surface area contributed by atoms with Crippen molar-refractivity contribution < 1.29 is 0 Å². The molecule has 0 aliphatic rings. The molecule has 0 aliphatic carbocycles. The number of nitrogens with two attached hydrogens (primary N) is 1. The maximum Gasteiger partial charge on any atom is 0.0702 e. The van der Waals surface area contributed by atoms with Gasteiger partial charge >= 0.3 is 0 Å². The van der Waals surface area contributed by atoms with Crippen LogP contribution in [0.15, 0.2) is 36.6 Å². The number of nitrogens with zero attached hydrogens (tertiary/aromatic N) is 1. The van der Waals surface area contributed by atoms with Crippen LogP contribution in [0.3, 0.4) is 0 Å². The molecular weight excluding hydrogens is 160 g/mol. The summed E-state index contributed by atoms with van der Waals surface area (Å²) < 4.78 is 0. The number of hydrogen-bond donors (Lipinski definition) is 1. The van der Waals surface area contributed by atoms with E-state index < -0.39 is 0 Å². The molecule has 0 saturated carbocycles. The van der Waals surface area contributed by atoms with Crippen LogP contribution in [0, 0.1) is 6.92 Å². The maximum atomic E-state index is 5.33. The molecule has 0 radical (unpaired) electrons. The molecule has 0 bridgehead atoms. The summed E-state index contributed by atoms with van der Waals surface area (Å²) in [4.78, 5) is 4.39. The number of rotatable bonds is 2. The zero-order chi connectivity index (χ0) is 9.68. The lowest BCUT2D eigenvalue weighted by Crippen LogP contribution is -1.89. The van der Waals surface area contributed by atoms with Gasteiger partial charge in [-0.2, -0.15) is 0 Å². The lowest BCUT2D eigenvalue weighted by atomic mass is 10.1. The maximum absolute atomic E-state index is 5.33. The summed E-state index contributed by atoms with van der Waals surface area (Å²) in [6, 6.07) is 5.94. The van der Waals surface area contributed by atoms with Crippen LogP contribution in [-0.4, -0.2) is 4.98 Å².